The lowest BCUT2D eigenvalue weighted by Gasteiger charge is -2.23. The number of fused-ring (bicyclic) bond motifs is 2. The van der Waals surface area contributed by atoms with Crippen molar-refractivity contribution in [3.05, 3.63) is 106 Å². The lowest BCUT2D eigenvalue weighted by atomic mass is 9.93. The molecule has 1 unspecified atom stereocenters. The summed E-state index contributed by atoms with van der Waals surface area (Å²) in [4.78, 5) is 60.6. The van der Waals surface area contributed by atoms with E-state index in [4.69, 9.17) is 9.72 Å². The van der Waals surface area contributed by atoms with Gasteiger partial charge in [-0.2, -0.15) is 0 Å². The Balaban J connectivity index is 1.05. The first-order valence-corrected chi connectivity index (χ1v) is 18.0. The molecule has 1 saturated heterocycles. The fraction of sp³-hybridized carbons (Fsp3) is 0.256. The third-order valence-electron chi connectivity index (χ3n) is 9.82. The summed E-state index contributed by atoms with van der Waals surface area (Å²) >= 11 is 0. The Morgan fingerprint density at radius 2 is 1.80 bits per heavy atom. The van der Waals surface area contributed by atoms with Crippen molar-refractivity contribution in [2.24, 2.45) is 14.1 Å². The van der Waals surface area contributed by atoms with Gasteiger partial charge in [0.15, 0.2) is 6.10 Å². The van der Waals surface area contributed by atoms with Gasteiger partial charge in [0.2, 0.25) is 5.91 Å². The van der Waals surface area contributed by atoms with Crippen LogP contribution in [0.1, 0.15) is 54.2 Å². The molecule has 0 radical (unpaired) electrons. The van der Waals surface area contributed by atoms with Crippen LogP contribution in [-0.4, -0.2) is 63.6 Å². The van der Waals surface area contributed by atoms with Crippen LogP contribution in [0.3, 0.4) is 0 Å². The van der Waals surface area contributed by atoms with E-state index in [1.54, 1.807) is 40.6 Å². The number of aryl methyl sites for hydroxylation is 2. The first-order valence-electron chi connectivity index (χ1n) is 18.0. The molecule has 1 aliphatic rings. The molecule has 3 aromatic heterocycles. The molecule has 3 amide bonds. The van der Waals surface area contributed by atoms with E-state index in [1.807, 2.05) is 62.6 Å². The number of amides is 3. The third kappa shape index (κ3) is 7.42. The van der Waals surface area contributed by atoms with E-state index in [0.29, 0.717) is 17.7 Å². The van der Waals surface area contributed by atoms with Gasteiger partial charge < -0.3 is 15.0 Å². The molecule has 0 saturated carbocycles. The maximum Gasteiger partial charge on any atom is 0.328 e. The van der Waals surface area contributed by atoms with Gasteiger partial charge >= 0.3 is 5.69 Å². The van der Waals surface area contributed by atoms with Crippen molar-refractivity contribution in [1.29, 1.82) is 0 Å². The fourth-order valence-electron chi connectivity index (χ4n) is 6.84. The zero-order valence-corrected chi connectivity index (χ0v) is 31.6. The van der Waals surface area contributed by atoms with Crippen LogP contribution in [0.2, 0.25) is 0 Å². The van der Waals surface area contributed by atoms with Gasteiger partial charge in [-0.05, 0) is 70.5 Å². The number of imidazole rings is 1. The summed E-state index contributed by atoms with van der Waals surface area (Å²) in [6.45, 7) is 4.36. The van der Waals surface area contributed by atoms with Gasteiger partial charge in [-0.25, -0.2) is 4.79 Å². The number of carbonyl (C=O) groups is 3. The number of aromatic nitrogens is 4. The second-order valence-corrected chi connectivity index (χ2v) is 14.2. The van der Waals surface area contributed by atoms with E-state index < -0.39 is 12.0 Å². The zero-order valence-electron chi connectivity index (χ0n) is 31.6. The summed E-state index contributed by atoms with van der Waals surface area (Å²) in [6, 6.07) is 21.3. The maximum atomic E-state index is 12.9. The Hall–Kier alpha value is -6.74. The zero-order chi connectivity index (χ0) is 39.0. The maximum absolute atomic E-state index is 12.9. The largest absolute Gasteiger partial charge is 0.480 e. The van der Waals surface area contributed by atoms with Crippen molar-refractivity contribution in [2.75, 3.05) is 25.5 Å². The lowest BCUT2D eigenvalue weighted by Crippen LogP contribution is -2.46. The van der Waals surface area contributed by atoms with Crippen molar-refractivity contribution in [2.45, 2.75) is 38.7 Å². The number of ether oxygens (including phenoxy) is 1. The lowest BCUT2D eigenvalue weighted by molar-refractivity contribution is -0.138. The number of anilines is 1. The number of rotatable bonds is 8. The predicted molar refractivity (Wildman–Crippen MR) is 213 cm³/mol. The smallest absolute Gasteiger partial charge is 0.328 e. The average Bonchev–Trinajstić information content (AvgIpc) is 3.39. The Morgan fingerprint density at radius 1 is 0.982 bits per heavy atom. The summed E-state index contributed by atoms with van der Waals surface area (Å²) in [6.07, 6.45) is 3.25. The van der Waals surface area contributed by atoms with E-state index in [1.165, 1.54) is 0 Å². The number of hydrogen-bond donors (Lipinski definition) is 2. The summed E-state index contributed by atoms with van der Waals surface area (Å²) in [5, 5.41) is 7.09. The van der Waals surface area contributed by atoms with Gasteiger partial charge in [0.25, 0.3) is 11.8 Å². The number of pyridine rings is 2. The molecule has 3 aromatic carbocycles. The molecule has 4 heterocycles. The molecular weight excluding hydrogens is 695 g/mol. The fourth-order valence-corrected chi connectivity index (χ4v) is 6.84. The Kier molecular flexibility index (Phi) is 9.95. The van der Waals surface area contributed by atoms with Crippen molar-refractivity contribution < 1.29 is 19.1 Å². The van der Waals surface area contributed by atoms with Gasteiger partial charge in [0.1, 0.15) is 11.4 Å². The van der Waals surface area contributed by atoms with Crippen LogP contribution < -0.4 is 26.0 Å². The average molecular weight is 736 g/mol. The minimum absolute atomic E-state index is 0.0538. The molecule has 0 bridgehead atoms. The Labute approximate surface area is 318 Å². The first-order chi connectivity index (χ1) is 26.4. The number of benzene rings is 3. The van der Waals surface area contributed by atoms with Crippen LogP contribution in [0, 0.1) is 11.8 Å². The van der Waals surface area contributed by atoms with Gasteiger partial charge in [-0.15, -0.1) is 0 Å². The van der Waals surface area contributed by atoms with Crippen LogP contribution in [0.15, 0.2) is 83.9 Å². The molecule has 6 aromatic rings. The second-order valence-electron chi connectivity index (χ2n) is 14.2. The molecule has 2 N–H and O–H groups in total. The summed E-state index contributed by atoms with van der Waals surface area (Å²) in [5.74, 6) is 5.57. The Morgan fingerprint density at radius 3 is 2.53 bits per heavy atom. The van der Waals surface area contributed by atoms with E-state index >= 15 is 0 Å². The SMILES string of the molecule is CC(C)c1cc(-c2cccc3cc(-c4ccc(C(=O)NCC#Cc5cc(OC6CCC(=O)NC6=O)cc(N(C)C)c5)nc4)ncc23)cc2c1n(C)c(=O)n2C. The highest BCUT2D eigenvalue weighted by molar-refractivity contribution is 6.01. The van der Waals surface area contributed by atoms with Gasteiger partial charge in [0.05, 0.1) is 23.3 Å². The molecule has 0 spiro atoms. The topological polar surface area (TPSA) is 140 Å². The van der Waals surface area contributed by atoms with Crippen LogP contribution in [0.4, 0.5) is 5.69 Å². The van der Waals surface area contributed by atoms with Crippen LogP contribution in [-0.2, 0) is 23.7 Å². The van der Waals surface area contributed by atoms with Crippen molar-refractivity contribution in [3.63, 3.8) is 0 Å². The number of piperidine rings is 1. The van der Waals surface area contributed by atoms with E-state index in [-0.39, 0.29) is 42.1 Å². The van der Waals surface area contributed by atoms with Crippen molar-refractivity contribution in [1.82, 2.24) is 29.7 Å². The standard InChI is InChI=1S/C43H41N7O5/c1-25(2)33-19-29(21-37-40(33)50(6)43(54)49(37)5)32-11-7-10-27-20-36(46-24-34(27)32)28-12-13-35(45-23-28)41(52)44-16-8-9-26-17-30(48(3)4)22-31(18-26)55-38-14-15-39(51)47-42(38)53/h7,10-13,17-25,38H,14-16H2,1-6H3,(H,44,52)(H,47,51,53). The highest BCUT2D eigenvalue weighted by atomic mass is 16.5. The second kappa shape index (κ2) is 14.9. The number of imide groups is 1. The summed E-state index contributed by atoms with van der Waals surface area (Å²) in [5.41, 5.74) is 8.14. The molecule has 7 rings (SSSR count). The molecule has 55 heavy (non-hydrogen) atoms. The van der Waals surface area contributed by atoms with Crippen LogP contribution in [0.5, 0.6) is 5.75 Å². The van der Waals surface area contributed by atoms with Crippen LogP contribution in [0.25, 0.3) is 44.2 Å². The van der Waals surface area contributed by atoms with Crippen LogP contribution >= 0.6 is 0 Å². The molecule has 0 aliphatic carbocycles. The molecule has 1 atom stereocenters. The molecule has 1 fully saturated rings. The number of carbonyl (C=O) groups excluding carboxylic acids is 3. The first kappa shape index (κ1) is 36.6. The minimum Gasteiger partial charge on any atom is -0.480 e. The molecule has 12 nitrogen and oxygen atoms in total. The molecule has 278 valence electrons. The van der Waals surface area contributed by atoms with E-state index in [9.17, 15) is 19.2 Å². The normalized spacial score (nSPS) is 14.1. The molecule has 1 aliphatic heterocycles. The summed E-state index contributed by atoms with van der Waals surface area (Å²) in [7, 11) is 7.39. The number of nitrogens with zero attached hydrogens (tertiary/aromatic N) is 5. The third-order valence-corrected chi connectivity index (χ3v) is 9.82. The monoisotopic (exact) mass is 735 g/mol. The highest BCUT2D eigenvalue weighted by Crippen LogP contribution is 2.35. The number of nitrogens with one attached hydrogen (secondary N) is 2. The van der Waals surface area contributed by atoms with Gasteiger partial charge in [-0.1, -0.05) is 43.9 Å². The predicted octanol–water partition coefficient (Wildman–Crippen LogP) is 5.31. The molecular formula is C43H41N7O5. The number of hydrogen-bond acceptors (Lipinski definition) is 8. The van der Waals surface area contributed by atoms with E-state index in [2.05, 4.69) is 59.5 Å². The van der Waals surface area contributed by atoms with Gasteiger partial charge in [-0.3, -0.25) is 38.8 Å². The van der Waals surface area contributed by atoms with Crippen molar-refractivity contribution in [3.8, 4) is 40.0 Å². The quantitative estimate of drug-likeness (QED) is 0.159. The highest BCUT2D eigenvalue weighted by Gasteiger charge is 2.28. The molecule has 12 heteroatoms. The van der Waals surface area contributed by atoms with Crippen molar-refractivity contribution >= 4 is 45.2 Å². The van der Waals surface area contributed by atoms with E-state index in [0.717, 1.165) is 55.4 Å². The summed E-state index contributed by atoms with van der Waals surface area (Å²) < 4.78 is 9.33. The minimum atomic E-state index is -0.766. The van der Waals surface area contributed by atoms with Gasteiger partial charge in [0, 0.05) is 81.7 Å². The Bertz CT molecular complexity index is 2630.